The van der Waals surface area contributed by atoms with Gasteiger partial charge in [0.2, 0.25) is 0 Å². The maximum atomic E-state index is 13.5. The highest BCUT2D eigenvalue weighted by atomic mass is 16.5. The lowest BCUT2D eigenvalue weighted by molar-refractivity contribution is -0.114. The first-order valence-corrected chi connectivity index (χ1v) is 10.2. The molecule has 0 saturated carbocycles. The van der Waals surface area contributed by atoms with Crippen molar-refractivity contribution in [3.8, 4) is 11.5 Å². The van der Waals surface area contributed by atoms with Crippen LogP contribution in [0.15, 0.2) is 78.5 Å². The van der Waals surface area contributed by atoms with Crippen LogP contribution >= 0.6 is 0 Å². The van der Waals surface area contributed by atoms with Crippen molar-refractivity contribution in [1.82, 2.24) is 0 Å². The molecular weight excluding hydrogens is 388 g/mol. The zero-order valence-corrected chi connectivity index (χ0v) is 18.2. The van der Waals surface area contributed by atoms with Crippen molar-refractivity contribution in [3.63, 3.8) is 0 Å². The number of rotatable bonds is 6. The predicted octanol–water partition coefficient (Wildman–Crippen LogP) is 5.40. The minimum Gasteiger partial charge on any atom is -0.493 e. The van der Waals surface area contributed by atoms with Crippen LogP contribution in [0.1, 0.15) is 22.7 Å². The minimum atomic E-state index is -0.276. The summed E-state index contributed by atoms with van der Waals surface area (Å²) in [4.78, 5) is 15.3. The van der Waals surface area contributed by atoms with E-state index in [9.17, 15) is 4.79 Å². The summed E-state index contributed by atoms with van der Waals surface area (Å²) in [6.45, 7) is 4.05. The van der Waals surface area contributed by atoms with Crippen molar-refractivity contribution >= 4 is 17.3 Å². The summed E-state index contributed by atoms with van der Waals surface area (Å²) in [5, 5.41) is 3.31. The standard InChI is InChI=1S/C26H26N2O3/c1-17-7-5-9-20(13-17)27-22-16-23(19-11-12-24(30-3)25(15-19)31-4)28(26(22)29)21-10-6-8-18(2)14-21/h5-16,23,27H,1-4H3. The number of aryl methyl sites for hydroxylation is 2. The molecule has 0 spiro atoms. The van der Waals surface area contributed by atoms with E-state index in [4.69, 9.17) is 9.47 Å². The Morgan fingerprint density at radius 3 is 2.23 bits per heavy atom. The number of nitrogens with one attached hydrogen (secondary N) is 1. The monoisotopic (exact) mass is 414 g/mol. The number of methoxy groups -OCH3 is 2. The fraction of sp³-hybridized carbons (Fsp3) is 0.192. The molecule has 0 fully saturated rings. The Morgan fingerprint density at radius 1 is 0.839 bits per heavy atom. The van der Waals surface area contributed by atoms with Crippen LogP contribution in [0.2, 0.25) is 0 Å². The number of hydrogen-bond donors (Lipinski definition) is 1. The van der Waals surface area contributed by atoms with E-state index in [0.717, 1.165) is 28.1 Å². The van der Waals surface area contributed by atoms with E-state index in [1.807, 2.05) is 91.6 Å². The number of ether oxygens (including phenoxy) is 2. The zero-order valence-electron chi connectivity index (χ0n) is 18.2. The Balaban J connectivity index is 1.77. The van der Waals surface area contributed by atoms with E-state index in [0.29, 0.717) is 17.2 Å². The van der Waals surface area contributed by atoms with E-state index in [1.165, 1.54) is 0 Å². The van der Waals surface area contributed by atoms with E-state index >= 15 is 0 Å². The molecule has 1 aliphatic rings. The molecule has 1 amide bonds. The van der Waals surface area contributed by atoms with Crippen LogP contribution in [0, 0.1) is 13.8 Å². The summed E-state index contributed by atoms with van der Waals surface area (Å²) in [6, 6.07) is 21.4. The van der Waals surface area contributed by atoms with Crippen LogP contribution in [0.5, 0.6) is 11.5 Å². The lowest BCUT2D eigenvalue weighted by atomic mass is 10.0. The van der Waals surface area contributed by atoms with Crippen LogP contribution < -0.4 is 19.7 Å². The van der Waals surface area contributed by atoms with Gasteiger partial charge in [0.05, 0.1) is 20.3 Å². The van der Waals surface area contributed by atoms with Gasteiger partial charge in [-0.05, 0) is 73.0 Å². The van der Waals surface area contributed by atoms with Crippen molar-refractivity contribution in [2.75, 3.05) is 24.4 Å². The molecule has 158 valence electrons. The molecule has 1 heterocycles. The smallest absolute Gasteiger partial charge is 0.275 e. The van der Waals surface area contributed by atoms with Gasteiger partial charge in [-0.15, -0.1) is 0 Å². The highest BCUT2D eigenvalue weighted by Crippen LogP contribution is 2.39. The lowest BCUT2D eigenvalue weighted by Gasteiger charge is -2.26. The third kappa shape index (κ3) is 4.12. The normalized spacial score (nSPS) is 15.6. The van der Waals surface area contributed by atoms with Gasteiger partial charge in [0.25, 0.3) is 5.91 Å². The van der Waals surface area contributed by atoms with Crippen LogP contribution in [-0.2, 0) is 4.79 Å². The molecule has 0 aliphatic carbocycles. The molecule has 0 bridgehead atoms. The first-order valence-electron chi connectivity index (χ1n) is 10.2. The van der Waals surface area contributed by atoms with Gasteiger partial charge in [0, 0.05) is 11.4 Å². The van der Waals surface area contributed by atoms with Gasteiger partial charge in [-0.3, -0.25) is 9.69 Å². The number of carbonyl (C=O) groups excluding carboxylic acids is 1. The minimum absolute atomic E-state index is 0.0770. The molecule has 0 aromatic heterocycles. The lowest BCUT2D eigenvalue weighted by Crippen LogP contribution is -2.30. The summed E-state index contributed by atoms with van der Waals surface area (Å²) in [5.74, 6) is 1.21. The molecule has 31 heavy (non-hydrogen) atoms. The van der Waals surface area contributed by atoms with Crippen LogP contribution in [0.3, 0.4) is 0 Å². The van der Waals surface area contributed by atoms with Crippen molar-refractivity contribution in [1.29, 1.82) is 0 Å². The summed E-state index contributed by atoms with van der Waals surface area (Å²) < 4.78 is 10.9. The molecule has 3 aromatic carbocycles. The molecule has 3 aromatic rings. The number of carbonyl (C=O) groups is 1. The van der Waals surface area contributed by atoms with Gasteiger partial charge in [-0.25, -0.2) is 0 Å². The Morgan fingerprint density at radius 2 is 1.55 bits per heavy atom. The third-order valence-electron chi connectivity index (χ3n) is 5.38. The van der Waals surface area contributed by atoms with E-state index in [-0.39, 0.29) is 11.9 Å². The first kappa shape index (κ1) is 20.5. The Bertz CT molecular complexity index is 1150. The second kappa shape index (κ2) is 8.56. The number of anilines is 2. The first-order chi connectivity index (χ1) is 15.0. The SMILES string of the molecule is COc1ccc(C2C=C(Nc3cccc(C)c3)C(=O)N2c2cccc(C)c2)cc1OC. The Hall–Kier alpha value is -3.73. The van der Waals surface area contributed by atoms with Crippen LogP contribution in [0.4, 0.5) is 11.4 Å². The Labute approximate surface area is 182 Å². The molecular formula is C26H26N2O3. The predicted molar refractivity (Wildman–Crippen MR) is 124 cm³/mol. The average molecular weight is 415 g/mol. The van der Waals surface area contributed by atoms with Crippen LogP contribution in [-0.4, -0.2) is 20.1 Å². The Kier molecular flexibility index (Phi) is 5.67. The molecule has 0 saturated heterocycles. The van der Waals surface area contributed by atoms with Crippen molar-refractivity contribution in [2.45, 2.75) is 19.9 Å². The number of amides is 1. The number of nitrogens with zero attached hydrogens (tertiary/aromatic N) is 1. The summed E-state index contributed by atoms with van der Waals surface area (Å²) >= 11 is 0. The molecule has 5 nitrogen and oxygen atoms in total. The van der Waals surface area contributed by atoms with Gasteiger partial charge in [-0.2, -0.15) is 0 Å². The highest BCUT2D eigenvalue weighted by Gasteiger charge is 2.35. The quantitative estimate of drug-likeness (QED) is 0.586. The van der Waals surface area contributed by atoms with E-state index in [2.05, 4.69) is 5.32 Å². The molecule has 1 unspecified atom stereocenters. The fourth-order valence-corrected chi connectivity index (χ4v) is 3.87. The zero-order chi connectivity index (χ0) is 22.0. The average Bonchev–Trinajstić information content (AvgIpc) is 3.09. The van der Waals surface area contributed by atoms with Crippen molar-refractivity contribution in [2.24, 2.45) is 0 Å². The second-order valence-corrected chi connectivity index (χ2v) is 7.65. The van der Waals surface area contributed by atoms with Gasteiger partial charge >= 0.3 is 0 Å². The summed E-state index contributed by atoms with van der Waals surface area (Å²) in [7, 11) is 3.22. The van der Waals surface area contributed by atoms with Crippen LogP contribution in [0.25, 0.3) is 0 Å². The van der Waals surface area contributed by atoms with E-state index in [1.54, 1.807) is 14.2 Å². The largest absolute Gasteiger partial charge is 0.493 e. The van der Waals surface area contributed by atoms with Gasteiger partial charge in [0.15, 0.2) is 11.5 Å². The number of hydrogen-bond acceptors (Lipinski definition) is 4. The fourth-order valence-electron chi connectivity index (χ4n) is 3.87. The molecule has 1 aliphatic heterocycles. The molecule has 1 atom stereocenters. The van der Waals surface area contributed by atoms with Crippen molar-refractivity contribution in [3.05, 3.63) is 95.2 Å². The maximum Gasteiger partial charge on any atom is 0.275 e. The second-order valence-electron chi connectivity index (χ2n) is 7.65. The molecule has 1 N–H and O–H groups in total. The maximum absolute atomic E-state index is 13.5. The number of benzene rings is 3. The molecule has 0 radical (unpaired) electrons. The van der Waals surface area contributed by atoms with Gasteiger partial charge in [0.1, 0.15) is 5.70 Å². The summed E-state index contributed by atoms with van der Waals surface area (Å²) in [6.07, 6.45) is 1.97. The van der Waals surface area contributed by atoms with E-state index < -0.39 is 0 Å². The third-order valence-corrected chi connectivity index (χ3v) is 5.38. The highest BCUT2D eigenvalue weighted by molar-refractivity contribution is 6.11. The molecule has 5 heteroatoms. The van der Waals surface area contributed by atoms with Gasteiger partial charge < -0.3 is 14.8 Å². The van der Waals surface area contributed by atoms with Gasteiger partial charge in [-0.1, -0.05) is 30.3 Å². The summed E-state index contributed by atoms with van der Waals surface area (Å²) in [5.41, 5.74) is 5.44. The van der Waals surface area contributed by atoms with Crippen molar-refractivity contribution < 1.29 is 14.3 Å². The topological polar surface area (TPSA) is 50.8 Å². The molecule has 4 rings (SSSR count).